The van der Waals surface area contributed by atoms with Crippen molar-refractivity contribution in [2.75, 3.05) is 12.4 Å². The summed E-state index contributed by atoms with van der Waals surface area (Å²) < 4.78 is 4.76. The van der Waals surface area contributed by atoms with E-state index in [0.29, 0.717) is 17.7 Å². The normalized spacial score (nSPS) is 12.0. The Morgan fingerprint density at radius 1 is 1.11 bits per heavy atom. The monoisotopic (exact) mass is 367 g/mol. The van der Waals surface area contributed by atoms with Gasteiger partial charge in [-0.2, -0.15) is 0 Å². The fourth-order valence-electron chi connectivity index (χ4n) is 2.31. The van der Waals surface area contributed by atoms with Gasteiger partial charge in [-0.3, -0.25) is 0 Å². The van der Waals surface area contributed by atoms with Crippen LogP contribution in [0, 0.1) is 0 Å². The molecule has 0 aliphatic heterocycles. The number of ether oxygens (including phenoxy) is 1. The van der Waals surface area contributed by atoms with Crippen molar-refractivity contribution in [1.82, 2.24) is 5.32 Å². The van der Waals surface area contributed by atoms with Crippen molar-refractivity contribution in [3.8, 4) is 0 Å². The van der Waals surface area contributed by atoms with Crippen molar-refractivity contribution >= 4 is 30.0 Å². The van der Waals surface area contributed by atoms with Gasteiger partial charge in [0.25, 0.3) is 0 Å². The second kappa shape index (κ2) is 10.4. The fraction of sp³-hybridized carbons (Fsp3) is 0.150. The molecule has 2 aromatic carbocycles. The van der Waals surface area contributed by atoms with Crippen molar-refractivity contribution < 1.29 is 19.5 Å². The number of hydrogen-bond acceptors (Lipinski definition) is 5. The summed E-state index contributed by atoms with van der Waals surface area (Å²) >= 11 is 0. The third-order valence-corrected chi connectivity index (χ3v) is 3.65. The predicted molar refractivity (Wildman–Crippen MR) is 104 cm³/mol. The molecule has 0 bridgehead atoms. The lowest BCUT2D eigenvalue weighted by Gasteiger charge is -2.15. The highest BCUT2D eigenvalue weighted by Crippen LogP contribution is 2.09. The number of nitrogens with one attached hydrogen (secondary N) is 2. The largest absolute Gasteiger partial charge is 0.467 e. The molecule has 0 spiro atoms. The zero-order valence-electron chi connectivity index (χ0n) is 14.8. The van der Waals surface area contributed by atoms with Crippen LogP contribution in [0.15, 0.2) is 65.8 Å². The van der Waals surface area contributed by atoms with Crippen molar-refractivity contribution in [3.05, 3.63) is 71.8 Å². The number of esters is 1. The number of rotatable bonds is 7. The quantitative estimate of drug-likeness (QED) is 0.303. The van der Waals surface area contributed by atoms with Gasteiger partial charge >= 0.3 is 12.0 Å². The van der Waals surface area contributed by atoms with E-state index in [1.54, 1.807) is 30.3 Å². The number of methoxy groups -OCH3 is 1. The van der Waals surface area contributed by atoms with Gasteiger partial charge in [0.1, 0.15) is 6.04 Å². The first kappa shape index (κ1) is 19.7. The van der Waals surface area contributed by atoms with Crippen molar-refractivity contribution in [1.29, 1.82) is 0 Å². The van der Waals surface area contributed by atoms with Crippen LogP contribution in [0.4, 0.5) is 10.5 Å². The van der Waals surface area contributed by atoms with Crippen LogP contribution in [0.3, 0.4) is 0 Å². The van der Waals surface area contributed by atoms with Crippen LogP contribution in [0.5, 0.6) is 0 Å². The van der Waals surface area contributed by atoms with Gasteiger partial charge in [-0.1, -0.05) is 59.8 Å². The summed E-state index contributed by atoms with van der Waals surface area (Å²) in [5.41, 5.74) is 2.21. The Morgan fingerprint density at radius 2 is 1.81 bits per heavy atom. The van der Waals surface area contributed by atoms with Crippen molar-refractivity contribution in [2.24, 2.45) is 5.16 Å². The maximum Gasteiger partial charge on any atom is 0.328 e. The maximum atomic E-state index is 12.2. The average Bonchev–Trinajstić information content (AvgIpc) is 2.69. The molecule has 2 aromatic rings. The van der Waals surface area contributed by atoms with E-state index in [0.717, 1.165) is 5.56 Å². The summed E-state index contributed by atoms with van der Waals surface area (Å²) in [6.45, 7) is 0. The van der Waals surface area contributed by atoms with Gasteiger partial charge in [0.15, 0.2) is 0 Å². The van der Waals surface area contributed by atoms with Crippen LogP contribution in [0.2, 0.25) is 0 Å². The van der Waals surface area contributed by atoms with Gasteiger partial charge in [0, 0.05) is 5.69 Å². The van der Waals surface area contributed by atoms with Gasteiger partial charge in [-0.05, 0) is 29.7 Å². The molecule has 0 radical (unpaired) electrons. The van der Waals surface area contributed by atoms with E-state index in [1.165, 1.54) is 13.3 Å². The molecule has 0 heterocycles. The number of carbonyl (C=O) groups is 2. The number of hydrogen-bond donors (Lipinski definition) is 3. The SMILES string of the molecule is COC(=O)C(CC=Cc1ccccc1)NC(=O)Nc1ccc(C=NO)cc1. The van der Waals surface area contributed by atoms with Crippen LogP contribution in [-0.2, 0) is 9.53 Å². The number of amides is 2. The fourth-order valence-corrected chi connectivity index (χ4v) is 2.31. The molecule has 27 heavy (non-hydrogen) atoms. The highest BCUT2D eigenvalue weighted by molar-refractivity contribution is 5.93. The summed E-state index contributed by atoms with van der Waals surface area (Å²) in [5.74, 6) is -0.530. The molecule has 1 atom stereocenters. The second-order valence-electron chi connectivity index (χ2n) is 5.59. The van der Waals surface area contributed by atoms with Gasteiger partial charge in [-0.25, -0.2) is 9.59 Å². The van der Waals surface area contributed by atoms with Gasteiger partial charge in [-0.15, -0.1) is 0 Å². The van der Waals surface area contributed by atoms with E-state index in [1.807, 2.05) is 36.4 Å². The van der Waals surface area contributed by atoms with E-state index in [4.69, 9.17) is 9.94 Å². The molecular formula is C20H21N3O4. The van der Waals surface area contributed by atoms with E-state index < -0.39 is 18.0 Å². The van der Waals surface area contributed by atoms with E-state index in [-0.39, 0.29) is 0 Å². The van der Waals surface area contributed by atoms with Crippen molar-refractivity contribution in [3.63, 3.8) is 0 Å². The van der Waals surface area contributed by atoms with Crippen LogP contribution >= 0.6 is 0 Å². The second-order valence-corrected chi connectivity index (χ2v) is 5.59. The number of oxime groups is 1. The Hall–Kier alpha value is -3.61. The summed E-state index contributed by atoms with van der Waals surface area (Å²) in [5, 5.41) is 16.7. The van der Waals surface area contributed by atoms with Gasteiger partial charge < -0.3 is 20.6 Å². The Bertz CT molecular complexity index is 802. The standard InChI is InChI=1S/C20H21N3O4/c1-27-19(24)18(9-5-8-15-6-3-2-4-7-15)23-20(25)22-17-12-10-16(11-13-17)14-21-26/h2-8,10-14,18,26H,9H2,1H3,(H2,22,23,25). The Kier molecular flexibility index (Phi) is 7.59. The Labute approximate surface area is 157 Å². The third kappa shape index (κ3) is 6.66. The highest BCUT2D eigenvalue weighted by Gasteiger charge is 2.20. The zero-order valence-corrected chi connectivity index (χ0v) is 14.8. The molecule has 1 unspecified atom stereocenters. The Balaban J connectivity index is 1.95. The lowest BCUT2D eigenvalue weighted by Crippen LogP contribution is -2.43. The minimum atomic E-state index is -0.809. The van der Waals surface area contributed by atoms with Crippen LogP contribution in [0.25, 0.3) is 6.08 Å². The molecule has 2 rings (SSSR count). The van der Waals surface area contributed by atoms with Gasteiger partial charge in [0.05, 0.1) is 13.3 Å². The molecular weight excluding hydrogens is 346 g/mol. The Morgan fingerprint density at radius 3 is 2.44 bits per heavy atom. The molecule has 3 N–H and O–H groups in total. The topological polar surface area (TPSA) is 100 Å². The summed E-state index contributed by atoms with van der Waals surface area (Å²) in [6, 6.07) is 15.0. The van der Waals surface area contributed by atoms with Crippen LogP contribution < -0.4 is 10.6 Å². The lowest BCUT2D eigenvalue weighted by molar-refractivity contribution is -0.142. The lowest BCUT2D eigenvalue weighted by atomic mass is 10.1. The third-order valence-electron chi connectivity index (χ3n) is 3.65. The first-order chi connectivity index (χ1) is 13.1. The number of benzene rings is 2. The van der Waals surface area contributed by atoms with E-state index in [9.17, 15) is 9.59 Å². The molecule has 0 saturated carbocycles. The van der Waals surface area contributed by atoms with E-state index in [2.05, 4.69) is 15.8 Å². The first-order valence-electron chi connectivity index (χ1n) is 8.27. The molecule has 7 heteroatoms. The molecule has 7 nitrogen and oxygen atoms in total. The zero-order chi connectivity index (χ0) is 19.5. The molecule has 0 fully saturated rings. The number of urea groups is 1. The molecule has 0 aliphatic carbocycles. The molecule has 0 aromatic heterocycles. The summed E-state index contributed by atoms with van der Waals surface area (Å²) in [7, 11) is 1.28. The minimum absolute atomic E-state index is 0.293. The van der Waals surface area contributed by atoms with Crippen molar-refractivity contribution in [2.45, 2.75) is 12.5 Å². The summed E-state index contributed by atoms with van der Waals surface area (Å²) in [4.78, 5) is 24.1. The number of nitrogens with zero attached hydrogens (tertiary/aromatic N) is 1. The van der Waals surface area contributed by atoms with Gasteiger partial charge in [0.2, 0.25) is 0 Å². The highest BCUT2D eigenvalue weighted by atomic mass is 16.5. The summed E-state index contributed by atoms with van der Waals surface area (Å²) in [6.07, 6.45) is 5.24. The number of anilines is 1. The minimum Gasteiger partial charge on any atom is -0.467 e. The number of carbonyl (C=O) groups excluding carboxylic acids is 2. The predicted octanol–water partition coefficient (Wildman–Crippen LogP) is 3.26. The molecule has 140 valence electrons. The first-order valence-corrected chi connectivity index (χ1v) is 8.27. The average molecular weight is 367 g/mol. The van der Waals surface area contributed by atoms with Crippen LogP contribution in [0.1, 0.15) is 17.5 Å². The smallest absolute Gasteiger partial charge is 0.328 e. The molecule has 0 saturated heterocycles. The molecule has 0 aliphatic rings. The van der Waals surface area contributed by atoms with E-state index >= 15 is 0 Å². The molecule has 2 amide bonds. The van der Waals surface area contributed by atoms with Crippen LogP contribution in [-0.4, -0.2) is 36.6 Å². The maximum absolute atomic E-state index is 12.2.